The number of benzene rings is 2. The summed E-state index contributed by atoms with van der Waals surface area (Å²) < 4.78 is 16.6. The Kier molecular flexibility index (Phi) is 8.12. The summed E-state index contributed by atoms with van der Waals surface area (Å²) >= 11 is 0. The Balaban J connectivity index is 1.38. The van der Waals surface area contributed by atoms with Gasteiger partial charge in [0.05, 0.1) is 19.6 Å². The van der Waals surface area contributed by atoms with Crippen LogP contribution < -0.4 is 24.8 Å². The van der Waals surface area contributed by atoms with Crippen LogP contribution in [0.5, 0.6) is 17.2 Å². The van der Waals surface area contributed by atoms with Crippen LogP contribution in [0.1, 0.15) is 12.5 Å². The number of hydrogen-bond donors (Lipinski definition) is 2. The molecule has 0 aromatic heterocycles. The van der Waals surface area contributed by atoms with Gasteiger partial charge in [0, 0.05) is 11.8 Å². The molecule has 0 atom stereocenters. The fraction of sp³-hybridized carbons (Fsp3) is 0.391. The molecule has 0 radical (unpaired) electrons. The summed E-state index contributed by atoms with van der Waals surface area (Å²) in [7, 11) is 0. The molecule has 0 unspecified atom stereocenters. The lowest BCUT2D eigenvalue weighted by Gasteiger charge is -2.21. The summed E-state index contributed by atoms with van der Waals surface area (Å²) in [5.41, 5.74) is 1.75. The van der Waals surface area contributed by atoms with Crippen molar-refractivity contribution in [3.05, 3.63) is 48.0 Å². The predicted octanol–water partition coefficient (Wildman–Crippen LogP) is 2.22. The van der Waals surface area contributed by atoms with Crippen LogP contribution >= 0.6 is 0 Å². The predicted molar refractivity (Wildman–Crippen MR) is 118 cm³/mol. The molecule has 2 N–H and O–H groups in total. The smallest absolute Gasteiger partial charge is 0.238 e. The molecular weight excluding hydrogens is 398 g/mol. The molecule has 166 valence electrons. The van der Waals surface area contributed by atoms with Crippen LogP contribution in [0.15, 0.2) is 42.5 Å². The van der Waals surface area contributed by atoms with Crippen molar-refractivity contribution < 1.29 is 23.8 Å². The van der Waals surface area contributed by atoms with Gasteiger partial charge >= 0.3 is 0 Å². The number of amides is 2. The highest BCUT2D eigenvalue weighted by Crippen LogP contribution is 2.32. The zero-order valence-electron chi connectivity index (χ0n) is 18.0. The summed E-state index contributed by atoms with van der Waals surface area (Å²) in [5, 5.41) is 5.66. The van der Waals surface area contributed by atoms with E-state index in [0.29, 0.717) is 50.1 Å². The van der Waals surface area contributed by atoms with E-state index in [1.807, 2.05) is 38.1 Å². The molecule has 0 fully saturated rings. The zero-order chi connectivity index (χ0) is 22.1. The number of carbonyl (C=O) groups excluding carboxylic acids is 2. The molecule has 0 saturated heterocycles. The van der Waals surface area contributed by atoms with Gasteiger partial charge in [-0.15, -0.1) is 0 Å². The second-order valence-electron chi connectivity index (χ2n) is 7.22. The molecule has 1 aliphatic heterocycles. The largest absolute Gasteiger partial charge is 0.492 e. The third kappa shape index (κ3) is 7.18. The Labute approximate surface area is 182 Å². The summed E-state index contributed by atoms with van der Waals surface area (Å²) in [5.74, 6) is 1.71. The second kappa shape index (κ2) is 11.2. The molecule has 8 nitrogen and oxygen atoms in total. The zero-order valence-corrected chi connectivity index (χ0v) is 18.0. The lowest BCUT2D eigenvalue weighted by molar-refractivity contribution is -0.123. The Hall–Kier alpha value is -3.26. The molecule has 0 bridgehead atoms. The second-order valence-corrected chi connectivity index (χ2v) is 7.22. The molecule has 2 aromatic rings. The van der Waals surface area contributed by atoms with E-state index in [1.54, 1.807) is 23.1 Å². The van der Waals surface area contributed by atoms with Gasteiger partial charge in [-0.25, -0.2) is 0 Å². The monoisotopic (exact) mass is 427 g/mol. The maximum Gasteiger partial charge on any atom is 0.238 e. The minimum atomic E-state index is -0.200. The standard InChI is InChI=1S/C23H29N3O5/c1-3-26(15-22(27)24-9-10-29-19-6-4-5-17(2)13-19)16-23(28)25-18-7-8-20-21(14-18)31-12-11-30-20/h4-8,13-14H,3,9-12,15-16H2,1-2H3,(H,24,27)(H,25,28). The van der Waals surface area contributed by atoms with Crippen molar-refractivity contribution in [1.29, 1.82) is 0 Å². The first-order valence-corrected chi connectivity index (χ1v) is 10.4. The van der Waals surface area contributed by atoms with Gasteiger partial charge in [-0.05, 0) is 43.3 Å². The summed E-state index contributed by atoms with van der Waals surface area (Å²) in [6, 6.07) is 13.0. The van der Waals surface area contributed by atoms with Crippen LogP contribution in [-0.2, 0) is 9.59 Å². The van der Waals surface area contributed by atoms with Gasteiger partial charge in [-0.1, -0.05) is 19.1 Å². The third-order valence-corrected chi connectivity index (χ3v) is 4.69. The van der Waals surface area contributed by atoms with E-state index in [4.69, 9.17) is 14.2 Å². The van der Waals surface area contributed by atoms with Crippen molar-refractivity contribution in [2.24, 2.45) is 0 Å². The SMILES string of the molecule is CCN(CC(=O)NCCOc1cccc(C)c1)CC(=O)Nc1ccc2c(c1)OCCO2. The number of nitrogens with zero attached hydrogens (tertiary/aromatic N) is 1. The van der Waals surface area contributed by atoms with Gasteiger partial charge < -0.3 is 24.8 Å². The fourth-order valence-electron chi connectivity index (χ4n) is 3.13. The average Bonchev–Trinajstić information content (AvgIpc) is 2.76. The molecule has 3 rings (SSSR count). The molecule has 8 heteroatoms. The average molecular weight is 428 g/mol. The molecule has 31 heavy (non-hydrogen) atoms. The molecular formula is C23H29N3O5. The van der Waals surface area contributed by atoms with Gasteiger partial charge in [0.15, 0.2) is 11.5 Å². The van der Waals surface area contributed by atoms with E-state index in [0.717, 1.165) is 11.3 Å². The number of aryl methyl sites for hydroxylation is 1. The Morgan fingerprint density at radius 1 is 1.03 bits per heavy atom. The van der Waals surface area contributed by atoms with Crippen molar-refractivity contribution in [3.8, 4) is 17.2 Å². The topological polar surface area (TPSA) is 89.1 Å². The first-order chi connectivity index (χ1) is 15.0. The highest BCUT2D eigenvalue weighted by molar-refractivity contribution is 5.93. The van der Waals surface area contributed by atoms with Crippen molar-refractivity contribution in [2.45, 2.75) is 13.8 Å². The molecule has 2 amide bonds. The first-order valence-electron chi connectivity index (χ1n) is 10.4. The van der Waals surface area contributed by atoms with Crippen LogP contribution in [0.2, 0.25) is 0 Å². The van der Waals surface area contributed by atoms with Gasteiger partial charge in [-0.3, -0.25) is 14.5 Å². The van der Waals surface area contributed by atoms with E-state index < -0.39 is 0 Å². The maximum absolute atomic E-state index is 12.4. The first kappa shape index (κ1) is 22.4. The van der Waals surface area contributed by atoms with Crippen molar-refractivity contribution >= 4 is 17.5 Å². The summed E-state index contributed by atoms with van der Waals surface area (Å²) in [4.78, 5) is 26.4. The van der Waals surface area contributed by atoms with Gasteiger partial charge in [0.2, 0.25) is 11.8 Å². The summed E-state index contributed by atoms with van der Waals surface area (Å²) in [6.07, 6.45) is 0. The maximum atomic E-state index is 12.4. The highest BCUT2D eigenvalue weighted by atomic mass is 16.6. The Bertz CT molecular complexity index is 903. The quantitative estimate of drug-likeness (QED) is 0.566. The minimum Gasteiger partial charge on any atom is -0.492 e. The summed E-state index contributed by atoms with van der Waals surface area (Å²) in [6.45, 7) is 6.50. The third-order valence-electron chi connectivity index (χ3n) is 4.69. The van der Waals surface area contributed by atoms with E-state index in [1.165, 1.54) is 0 Å². The number of rotatable bonds is 10. The molecule has 0 aliphatic carbocycles. The van der Waals surface area contributed by atoms with Crippen LogP contribution in [0.4, 0.5) is 5.69 Å². The van der Waals surface area contributed by atoms with Gasteiger partial charge in [-0.2, -0.15) is 0 Å². The Morgan fingerprint density at radius 3 is 2.58 bits per heavy atom. The van der Waals surface area contributed by atoms with Crippen molar-refractivity contribution in [1.82, 2.24) is 10.2 Å². The molecule has 1 aliphatic rings. The highest BCUT2D eigenvalue weighted by Gasteiger charge is 2.15. The Morgan fingerprint density at radius 2 is 1.81 bits per heavy atom. The lowest BCUT2D eigenvalue weighted by atomic mass is 10.2. The number of ether oxygens (including phenoxy) is 3. The molecule has 0 saturated carbocycles. The van der Waals surface area contributed by atoms with E-state index in [-0.39, 0.29) is 24.9 Å². The van der Waals surface area contributed by atoms with Crippen LogP contribution in [0, 0.1) is 6.92 Å². The van der Waals surface area contributed by atoms with Crippen LogP contribution in [-0.4, -0.2) is 62.7 Å². The van der Waals surface area contributed by atoms with E-state index in [9.17, 15) is 9.59 Å². The lowest BCUT2D eigenvalue weighted by Crippen LogP contribution is -2.42. The number of anilines is 1. The minimum absolute atomic E-state index is 0.109. The van der Waals surface area contributed by atoms with E-state index in [2.05, 4.69) is 10.6 Å². The number of hydrogen-bond acceptors (Lipinski definition) is 6. The molecule has 0 spiro atoms. The van der Waals surface area contributed by atoms with Gasteiger partial charge in [0.1, 0.15) is 25.6 Å². The fourth-order valence-corrected chi connectivity index (χ4v) is 3.13. The van der Waals surface area contributed by atoms with Crippen LogP contribution in [0.3, 0.4) is 0 Å². The number of carbonyl (C=O) groups is 2. The van der Waals surface area contributed by atoms with Crippen LogP contribution in [0.25, 0.3) is 0 Å². The molecule has 2 aromatic carbocycles. The number of fused-ring (bicyclic) bond motifs is 1. The number of likely N-dealkylation sites (N-methyl/N-ethyl adjacent to an activating group) is 1. The van der Waals surface area contributed by atoms with Crippen molar-refractivity contribution in [2.75, 3.05) is 51.3 Å². The van der Waals surface area contributed by atoms with E-state index >= 15 is 0 Å². The molecule has 1 heterocycles. The normalized spacial score (nSPS) is 12.4. The van der Waals surface area contributed by atoms with Gasteiger partial charge in [0.25, 0.3) is 0 Å². The number of nitrogens with one attached hydrogen (secondary N) is 2. The van der Waals surface area contributed by atoms with Crippen molar-refractivity contribution in [3.63, 3.8) is 0 Å².